The van der Waals surface area contributed by atoms with Gasteiger partial charge in [0, 0.05) is 6.54 Å². The molecule has 2 rings (SSSR count). The van der Waals surface area contributed by atoms with Crippen LogP contribution in [0.4, 0.5) is 4.39 Å². The Kier molecular flexibility index (Phi) is 4.91. The molecule has 0 aromatic heterocycles. The van der Waals surface area contributed by atoms with Crippen molar-refractivity contribution in [2.45, 2.75) is 20.4 Å². The maximum atomic E-state index is 13.2. The number of hydrogen-bond donors (Lipinski definition) is 1. The number of nitrogens with zero attached hydrogens (tertiary/aromatic N) is 1. The van der Waals surface area contributed by atoms with Gasteiger partial charge < -0.3 is 10.1 Å². The highest BCUT2D eigenvalue weighted by Gasteiger charge is 2.07. The predicted octanol–water partition coefficient (Wildman–Crippen LogP) is 3.91. The quantitative estimate of drug-likeness (QED) is 0.905. The first-order chi connectivity index (χ1) is 10.1. The van der Waals surface area contributed by atoms with Gasteiger partial charge in [0.1, 0.15) is 23.4 Å². The van der Waals surface area contributed by atoms with E-state index in [1.165, 1.54) is 6.07 Å². The first-order valence-electron chi connectivity index (χ1n) is 6.81. The van der Waals surface area contributed by atoms with Crippen LogP contribution < -0.4 is 10.1 Å². The van der Waals surface area contributed by atoms with Crippen molar-refractivity contribution >= 4 is 0 Å². The highest BCUT2D eigenvalue weighted by molar-refractivity contribution is 5.47. The van der Waals surface area contributed by atoms with Crippen molar-refractivity contribution in [3.63, 3.8) is 0 Å². The maximum absolute atomic E-state index is 13.2. The number of nitriles is 1. The minimum Gasteiger partial charge on any atom is -0.456 e. The molecule has 2 aromatic carbocycles. The molecule has 0 heterocycles. The predicted molar refractivity (Wildman–Crippen MR) is 79.7 cm³/mol. The lowest BCUT2D eigenvalue weighted by molar-refractivity contribution is 0.478. The molecule has 0 saturated carbocycles. The topological polar surface area (TPSA) is 45.0 Å². The van der Waals surface area contributed by atoms with E-state index in [2.05, 4.69) is 11.4 Å². The third kappa shape index (κ3) is 3.80. The summed E-state index contributed by atoms with van der Waals surface area (Å²) in [5.41, 5.74) is 2.00. The number of halogens is 1. The molecule has 1 N–H and O–H groups in total. The highest BCUT2D eigenvalue weighted by atomic mass is 19.1. The van der Waals surface area contributed by atoms with Gasteiger partial charge in [-0.1, -0.05) is 13.0 Å². The number of rotatable bonds is 5. The monoisotopic (exact) mass is 284 g/mol. The van der Waals surface area contributed by atoms with E-state index < -0.39 is 0 Å². The Balaban J connectivity index is 2.23. The molecule has 2 aromatic rings. The summed E-state index contributed by atoms with van der Waals surface area (Å²) in [5.74, 6) is 0.720. The van der Waals surface area contributed by atoms with Crippen molar-refractivity contribution in [3.8, 4) is 17.6 Å². The van der Waals surface area contributed by atoms with Crippen molar-refractivity contribution in [2.24, 2.45) is 0 Å². The number of nitrogens with one attached hydrogen (secondary N) is 1. The smallest absolute Gasteiger partial charge is 0.145 e. The molecule has 0 saturated heterocycles. The molecule has 0 aliphatic rings. The van der Waals surface area contributed by atoms with Gasteiger partial charge in [0.25, 0.3) is 0 Å². The second-order valence-electron chi connectivity index (χ2n) is 4.74. The first kappa shape index (κ1) is 15.0. The Labute approximate surface area is 124 Å². The van der Waals surface area contributed by atoms with Crippen LogP contribution in [0.5, 0.6) is 11.5 Å². The number of ether oxygens (including phenoxy) is 1. The Morgan fingerprint density at radius 3 is 2.71 bits per heavy atom. The molecule has 0 radical (unpaired) electrons. The molecule has 0 aliphatic carbocycles. The molecule has 4 heteroatoms. The van der Waals surface area contributed by atoms with Crippen LogP contribution in [0, 0.1) is 24.1 Å². The minimum atomic E-state index is -0.274. The zero-order valence-corrected chi connectivity index (χ0v) is 12.1. The summed E-state index contributed by atoms with van der Waals surface area (Å²) in [5, 5.41) is 12.4. The highest BCUT2D eigenvalue weighted by Crippen LogP contribution is 2.27. The summed E-state index contributed by atoms with van der Waals surface area (Å²) in [6, 6.07) is 12.1. The summed E-state index contributed by atoms with van der Waals surface area (Å²) in [7, 11) is 0. The van der Waals surface area contributed by atoms with Crippen molar-refractivity contribution < 1.29 is 9.13 Å². The molecule has 0 fully saturated rings. The molecule has 0 amide bonds. The number of aryl methyl sites for hydroxylation is 1. The van der Waals surface area contributed by atoms with Crippen molar-refractivity contribution in [2.75, 3.05) is 6.54 Å². The van der Waals surface area contributed by atoms with E-state index in [-0.39, 0.29) is 5.82 Å². The number of benzene rings is 2. The Morgan fingerprint density at radius 2 is 2.05 bits per heavy atom. The van der Waals surface area contributed by atoms with E-state index in [9.17, 15) is 9.65 Å². The van der Waals surface area contributed by atoms with Crippen LogP contribution in [-0.4, -0.2) is 6.54 Å². The Morgan fingerprint density at radius 1 is 1.24 bits per heavy atom. The van der Waals surface area contributed by atoms with Gasteiger partial charge in [-0.3, -0.25) is 0 Å². The lowest BCUT2D eigenvalue weighted by Gasteiger charge is -2.10. The fourth-order valence-electron chi connectivity index (χ4n) is 1.94. The maximum Gasteiger partial charge on any atom is 0.145 e. The van der Waals surface area contributed by atoms with E-state index in [0.717, 1.165) is 12.1 Å². The molecular weight excluding hydrogens is 267 g/mol. The zero-order valence-electron chi connectivity index (χ0n) is 12.1. The van der Waals surface area contributed by atoms with Gasteiger partial charge in [0.05, 0.1) is 5.56 Å². The molecule has 21 heavy (non-hydrogen) atoms. The lowest BCUT2D eigenvalue weighted by atomic mass is 10.1. The molecule has 0 bridgehead atoms. The largest absolute Gasteiger partial charge is 0.456 e. The third-order valence-electron chi connectivity index (χ3n) is 3.10. The average Bonchev–Trinajstić information content (AvgIpc) is 2.50. The summed E-state index contributed by atoms with van der Waals surface area (Å²) >= 11 is 0. The molecule has 0 aliphatic heterocycles. The fourth-order valence-corrected chi connectivity index (χ4v) is 1.94. The van der Waals surface area contributed by atoms with Crippen LogP contribution >= 0.6 is 0 Å². The molecule has 3 nitrogen and oxygen atoms in total. The second kappa shape index (κ2) is 6.87. The Hall–Kier alpha value is -2.38. The molecule has 0 atom stereocenters. The van der Waals surface area contributed by atoms with Gasteiger partial charge in [-0.25, -0.2) is 4.39 Å². The second-order valence-corrected chi connectivity index (χ2v) is 4.74. The lowest BCUT2D eigenvalue weighted by Crippen LogP contribution is -2.11. The number of hydrogen-bond acceptors (Lipinski definition) is 3. The van der Waals surface area contributed by atoms with Crippen molar-refractivity contribution in [3.05, 3.63) is 58.9 Å². The Bertz CT molecular complexity index is 677. The van der Waals surface area contributed by atoms with Crippen LogP contribution in [0.1, 0.15) is 23.6 Å². The van der Waals surface area contributed by atoms with Crippen LogP contribution in [0.15, 0.2) is 36.4 Å². The molecular formula is C17H17FN2O. The standard InChI is InChI=1S/C17H17FN2O/c1-3-20-11-13-4-7-17(14(9-13)10-19)21-15-5-6-16(18)12(2)8-15/h4-9,20H,3,11H2,1-2H3. The van der Waals surface area contributed by atoms with Crippen LogP contribution in [-0.2, 0) is 6.54 Å². The SMILES string of the molecule is CCNCc1ccc(Oc2ccc(F)c(C)c2)c(C#N)c1. The van der Waals surface area contributed by atoms with Gasteiger partial charge in [0.15, 0.2) is 0 Å². The molecule has 0 spiro atoms. The van der Waals surface area contributed by atoms with Gasteiger partial charge in [0.2, 0.25) is 0 Å². The average molecular weight is 284 g/mol. The van der Waals surface area contributed by atoms with E-state index in [4.69, 9.17) is 4.74 Å². The van der Waals surface area contributed by atoms with Crippen molar-refractivity contribution in [1.29, 1.82) is 5.26 Å². The normalized spacial score (nSPS) is 10.2. The summed E-state index contributed by atoms with van der Waals surface area (Å²) in [4.78, 5) is 0. The van der Waals surface area contributed by atoms with E-state index >= 15 is 0 Å². The van der Waals surface area contributed by atoms with E-state index in [1.807, 2.05) is 13.0 Å². The van der Waals surface area contributed by atoms with Crippen LogP contribution in [0.2, 0.25) is 0 Å². The zero-order chi connectivity index (χ0) is 15.2. The summed E-state index contributed by atoms with van der Waals surface area (Å²) in [6.45, 7) is 5.28. The van der Waals surface area contributed by atoms with E-state index in [1.54, 1.807) is 31.2 Å². The molecule has 108 valence electrons. The minimum absolute atomic E-state index is 0.274. The van der Waals surface area contributed by atoms with E-state index in [0.29, 0.717) is 29.2 Å². The first-order valence-corrected chi connectivity index (χ1v) is 6.81. The van der Waals surface area contributed by atoms with Gasteiger partial charge >= 0.3 is 0 Å². The summed E-state index contributed by atoms with van der Waals surface area (Å²) in [6.07, 6.45) is 0. The van der Waals surface area contributed by atoms with Crippen LogP contribution in [0.25, 0.3) is 0 Å². The van der Waals surface area contributed by atoms with Gasteiger partial charge in [-0.2, -0.15) is 5.26 Å². The summed E-state index contributed by atoms with van der Waals surface area (Å²) < 4.78 is 18.9. The van der Waals surface area contributed by atoms with Gasteiger partial charge in [-0.15, -0.1) is 0 Å². The molecule has 0 unspecified atom stereocenters. The van der Waals surface area contributed by atoms with Gasteiger partial charge in [-0.05, 0) is 54.9 Å². The fraction of sp³-hybridized carbons (Fsp3) is 0.235. The van der Waals surface area contributed by atoms with Crippen molar-refractivity contribution in [1.82, 2.24) is 5.32 Å². The van der Waals surface area contributed by atoms with Crippen LogP contribution in [0.3, 0.4) is 0 Å². The third-order valence-corrected chi connectivity index (χ3v) is 3.10.